The fourth-order valence-electron chi connectivity index (χ4n) is 3.56. The molecule has 0 radical (unpaired) electrons. The Morgan fingerprint density at radius 2 is 1.55 bits per heavy atom. The van der Waals surface area contributed by atoms with Gasteiger partial charge >= 0.3 is 0 Å². The van der Waals surface area contributed by atoms with Gasteiger partial charge in [0.2, 0.25) is 11.9 Å². The number of carbonyl (C=O) groups excluding carboxylic acids is 1. The average Bonchev–Trinajstić information content (AvgIpc) is 2.80. The smallest absolute Gasteiger partial charge is 0.225 e. The molecule has 0 spiro atoms. The van der Waals surface area contributed by atoms with Crippen molar-refractivity contribution < 1.29 is 4.79 Å². The van der Waals surface area contributed by atoms with Crippen molar-refractivity contribution in [3.8, 4) is 11.1 Å². The summed E-state index contributed by atoms with van der Waals surface area (Å²) >= 11 is 0. The molecule has 3 aromatic rings. The Morgan fingerprint density at radius 1 is 0.862 bits per heavy atom. The van der Waals surface area contributed by atoms with Crippen molar-refractivity contribution in [2.75, 3.05) is 42.9 Å². The van der Waals surface area contributed by atoms with Gasteiger partial charge in [0.1, 0.15) is 0 Å². The zero-order valence-electron chi connectivity index (χ0n) is 16.4. The molecule has 1 fully saturated rings. The van der Waals surface area contributed by atoms with Crippen LogP contribution < -0.4 is 10.2 Å². The maximum Gasteiger partial charge on any atom is 0.225 e. The van der Waals surface area contributed by atoms with Crippen LogP contribution in [0.3, 0.4) is 0 Å². The van der Waals surface area contributed by atoms with E-state index in [0.29, 0.717) is 6.42 Å². The van der Waals surface area contributed by atoms with E-state index in [9.17, 15) is 4.79 Å². The Morgan fingerprint density at radius 3 is 2.31 bits per heavy atom. The highest BCUT2D eigenvalue weighted by molar-refractivity contribution is 5.95. The van der Waals surface area contributed by atoms with Gasteiger partial charge < -0.3 is 10.2 Å². The van der Waals surface area contributed by atoms with Crippen molar-refractivity contribution in [2.24, 2.45) is 0 Å². The molecule has 6 heteroatoms. The minimum atomic E-state index is 0.0437. The maximum atomic E-state index is 12.6. The number of nitrogens with one attached hydrogen (secondary N) is 1. The Kier molecular flexibility index (Phi) is 6.12. The van der Waals surface area contributed by atoms with Crippen LogP contribution in [0.2, 0.25) is 0 Å². The number of hydrogen-bond acceptors (Lipinski definition) is 5. The summed E-state index contributed by atoms with van der Waals surface area (Å²) in [5.41, 5.74) is 3.00. The highest BCUT2D eigenvalue weighted by Crippen LogP contribution is 2.27. The molecule has 2 aromatic carbocycles. The highest BCUT2D eigenvalue weighted by Gasteiger charge is 2.19. The molecule has 29 heavy (non-hydrogen) atoms. The van der Waals surface area contributed by atoms with Crippen LogP contribution >= 0.6 is 0 Å². The van der Waals surface area contributed by atoms with Gasteiger partial charge in [-0.15, -0.1) is 0 Å². The third kappa shape index (κ3) is 4.97. The molecule has 1 saturated heterocycles. The van der Waals surface area contributed by atoms with Gasteiger partial charge in [-0.2, -0.15) is 0 Å². The number of amides is 1. The summed E-state index contributed by atoms with van der Waals surface area (Å²) in [5, 5.41) is 3.09. The largest absolute Gasteiger partial charge is 0.338 e. The van der Waals surface area contributed by atoms with E-state index in [1.54, 1.807) is 12.4 Å². The summed E-state index contributed by atoms with van der Waals surface area (Å²) in [6.07, 6.45) is 4.02. The normalized spacial score (nSPS) is 14.6. The number of nitrogens with zero attached hydrogens (tertiary/aromatic N) is 4. The first-order valence-electron chi connectivity index (χ1n) is 9.98. The molecular weight excluding hydrogens is 362 g/mol. The van der Waals surface area contributed by atoms with Gasteiger partial charge in [0.25, 0.3) is 0 Å². The predicted molar refractivity (Wildman–Crippen MR) is 116 cm³/mol. The molecule has 0 atom stereocenters. The average molecular weight is 387 g/mol. The quantitative estimate of drug-likeness (QED) is 0.703. The molecule has 1 amide bonds. The lowest BCUT2D eigenvalue weighted by molar-refractivity contribution is -0.116. The van der Waals surface area contributed by atoms with Crippen LogP contribution in [0.5, 0.6) is 0 Å². The molecule has 1 aromatic heterocycles. The fraction of sp³-hybridized carbons (Fsp3) is 0.261. The molecule has 6 nitrogen and oxygen atoms in total. The molecule has 2 heterocycles. The summed E-state index contributed by atoms with van der Waals surface area (Å²) < 4.78 is 0. The second-order valence-corrected chi connectivity index (χ2v) is 7.09. The maximum absolute atomic E-state index is 12.6. The number of benzene rings is 2. The van der Waals surface area contributed by atoms with Gasteiger partial charge in [0.05, 0.1) is 0 Å². The fourth-order valence-corrected chi connectivity index (χ4v) is 3.56. The van der Waals surface area contributed by atoms with Crippen LogP contribution in [0.4, 0.5) is 11.6 Å². The Hall–Kier alpha value is -3.25. The lowest BCUT2D eigenvalue weighted by Crippen LogP contribution is -2.47. The van der Waals surface area contributed by atoms with Crippen LogP contribution in [0.15, 0.2) is 73.1 Å². The lowest BCUT2D eigenvalue weighted by atomic mass is 10.0. The van der Waals surface area contributed by atoms with Crippen LogP contribution in [-0.2, 0) is 4.79 Å². The number of rotatable bonds is 6. The van der Waals surface area contributed by atoms with Gasteiger partial charge in [-0.1, -0.05) is 48.5 Å². The molecule has 1 aliphatic rings. The molecule has 0 aliphatic carbocycles. The van der Waals surface area contributed by atoms with E-state index in [2.05, 4.69) is 37.2 Å². The van der Waals surface area contributed by atoms with E-state index in [0.717, 1.165) is 55.5 Å². The molecule has 4 rings (SSSR count). The monoisotopic (exact) mass is 387 g/mol. The van der Waals surface area contributed by atoms with Crippen molar-refractivity contribution in [3.63, 3.8) is 0 Å². The van der Waals surface area contributed by atoms with Crippen LogP contribution in [0.1, 0.15) is 6.42 Å². The van der Waals surface area contributed by atoms with E-state index in [4.69, 9.17) is 0 Å². The van der Waals surface area contributed by atoms with Gasteiger partial charge in [-0.05, 0) is 17.7 Å². The summed E-state index contributed by atoms with van der Waals surface area (Å²) in [4.78, 5) is 25.7. The summed E-state index contributed by atoms with van der Waals surface area (Å²) in [5.74, 6) is 0.824. The molecular formula is C23H25N5O. The third-order valence-corrected chi connectivity index (χ3v) is 5.15. The van der Waals surface area contributed by atoms with E-state index >= 15 is 0 Å². The number of anilines is 2. The Labute approximate surface area is 171 Å². The number of aromatic nitrogens is 2. The molecule has 0 unspecified atom stereocenters. The standard InChI is InChI=1S/C23H25N5O/c29-22(26-21-10-5-4-9-20(21)19-7-2-1-3-8-19)11-14-27-15-17-28(18-16-27)23-24-12-6-13-25-23/h1-10,12-13H,11,14-18H2,(H,26,29). The first kappa shape index (κ1) is 19.1. The van der Waals surface area contributed by atoms with Gasteiger partial charge in [0.15, 0.2) is 0 Å². The van der Waals surface area contributed by atoms with E-state index in [1.807, 2.05) is 48.5 Å². The van der Waals surface area contributed by atoms with Crippen molar-refractivity contribution >= 4 is 17.5 Å². The number of carbonyl (C=O) groups is 1. The number of piperazine rings is 1. The Balaban J connectivity index is 1.28. The minimum absolute atomic E-state index is 0.0437. The highest BCUT2D eigenvalue weighted by atomic mass is 16.1. The minimum Gasteiger partial charge on any atom is -0.338 e. The predicted octanol–water partition coefficient (Wildman–Crippen LogP) is 3.29. The second-order valence-electron chi connectivity index (χ2n) is 7.09. The topological polar surface area (TPSA) is 61.4 Å². The van der Waals surface area contributed by atoms with Crippen molar-refractivity contribution in [2.45, 2.75) is 6.42 Å². The first-order valence-corrected chi connectivity index (χ1v) is 9.98. The van der Waals surface area contributed by atoms with Crippen LogP contribution in [-0.4, -0.2) is 53.5 Å². The molecule has 0 saturated carbocycles. The van der Waals surface area contributed by atoms with Crippen molar-refractivity contribution in [3.05, 3.63) is 73.1 Å². The van der Waals surface area contributed by atoms with Gasteiger partial charge in [-0.25, -0.2) is 9.97 Å². The van der Waals surface area contributed by atoms with E-state index < -0.39 is 0 Å². The molecule has 148 valence electrons. The van der Waals surface area contributed by atoms with Crippen LogP contribution in [0.25, 0.3) is 11.1 Å². The third-order valence-electron chi connectivity index (χ3n) is 5.15. The summed E-state index contributed by atoms with van der Waals surface area (Å²) in [6.45, 7) is 4.33. The van der Waals surface area contributed by atoms with Crippen molar-refractivity contribution in [1.82, 2.24) is 14.9 Å². The number of para-hydroxylation sites is 1. The number of hydrogen-bond donors (Lipinski definition) is 1. The lowest BCUT2D eigenvalue weighted by Gasteiger charge is -2.34. The molecule has 1 N–H and O–H groups in total. The van der Waals surface area contributed by atoms with E-state index in [1.165, 1.54) is 0 Å². The van der Waals surface area contributed by atoms with Gasteiger partial charge in [-0.3, -0.25) is 9.69 Å². The molecule has 0 bridgehead atoms. The SMILES string of the molecule is O=C(CCN1CCN(c2ncccn2)CC1)Nc1ccccc1-c1ccccc1. The zero-order chi connectivity index (χ0) is 19.9. The summed E-state index contributed by atoms with van der Waals surface area (Å²) in [7, 11) is 0. The second kappa shape index (κ2) is 9.30. The van der Waals surface area contributed by atoms with Gasteiger partial charge in [0, 0.05) is 62.8 Å². The van der Waals surface area contributed by atoms with Crippen LogP contribution in [0, 0.1) is 0 Å². The summed E-state index contributed by atoms with van der Waals surface area (Å²) in [6, 6.07) is 19.9. The Bertz CT molecular complexity index is 924. The van der Waals surface area contributed by atoms with Crippen molar-refractivity contribution in [1.29, 1.82) is 0 Å². The zero-order valence-corrected chi connectivity index (χ0v) is 16.4. The van der Waals surface area contributed by atoms with E-state index in [-0.39, 0.29) is 5.91 Å². The first-order chi connectivity index (χ1) is 14.3. The molecule has 1 aliphatic heterocycles.